The number of hydrogen-bond acceptors (Lipinski definition) is 2. The zero-order valence-corrected chi connectivity index (χ0v) is 10.4. The van der Waals surface area contributed by atoms with Crippen LogP contribution in [-0.2, 0) is 6.42 Å². The average Bonchev–Trinajstić information content (AvgIpc) is 2.33. The molecule has 0 amide bonds. The smallest absolute Gasteiger partial charge is 0.120 e. The second kappa shape index (κ2) is 5.55. The Labute approximate surface area is 102 Å². The molecule has 2 nitrogen and oxygen atoms in total. The van der Waals surface area contributed by atoms with Gasteiger partial charge in [0.05, 0.1) is 0 Å². The van der Waals surface area contributed by atoms with Crippen LogP contribution in [0, 0.1) is 0 Å². The molecule has 0 spiro atoms. The van der Waals surface area contributed by atoms with Gasteiger partial charge in [-0.2, -0.15) is 0 Å². The van der Waals surface area contributed by atoms with E-state index >= 15 is 0 Å². The molecular formula is C13H18ClNO. The molecule has 1 unspecified atom stereocenters. The Hall–Kier alpha value is -0.730. The molecule has 1 aliphatic heterocycles. The van der Waals surface area contributed by atoms with Crippen LogP contribution in [0.15, 0.2) is 18.2 Å². The summed E-state index contributed by atoms with van der Waals surface area (Å²) >= 11 is 6.07. The van der Waals surface area contributed by atoms with Gasteiger partial charge in [0.2, 0.25) is 0 Å². The van der Waals surface area contributed by atoms with Crippen LogP contribution in [0.25, 0.3) is 0 Å². The molecule has 3 heteroatoms. The van der Waals surface area contributed by atoms with Crippen LogP contribution < -0.4 is 10.1 Å². The third kappa shape index (κ3) is 2.89. The zero-order chi connectivity index (χ0) is 11.4. The van der Waals surface area contributed by atoms with Crippen molar-refractivity contribution in [1.29, 1.82) is 0 Å². The number of benzene rings is 1. The number of rotatable bonds is 3. The molecule has 1 atom stereocenters. The summed E-state index contributed by atoms with van der Waals surface area (Å²) in [5.74, 6) is 0.940. The van der Waals surface area contributed by atoms with E-state index in [1.54, 1.807) is 0 Å². The van der Waals surface area contributed by atoms with Crippen LogP contribution in [0.3, 0.4) is 0 Å². The quantitative estimate of drug-likeness (QED) is 0.876. The van der Waals surface area contributed by atoms with Crippen molar-refractivity contribution in [2.45, 2.75) is 32.3 Å². The molecule has 1 fully saturated rings. The van der Waals surface area contributed by atoms with Gasteiger partial charge in [-0.25, -0.2) is 0 Å². The molecule has 2 rings (SSSR count). The van der Waals surface area contributed by atoms with Crippen molar-refractivity contribution in [3.63, 3.8) is 0 Å². The van der Waals surface area contributed by atoms with E-state index in [-0.39, 0.29) is 0 Å². The van der Waals surface area contributed by atoms with Crippen LogP contribution in [-0.4, -0.2) is 19.2 Å². The maximum atomic E-state index is 6.07. The highest BCUT2D eigenvalue weighted by Crippen LogP contribution is 2.24. The highest BCUT2D eigenvalue weighted by atomic mass is 35.5. The van der Waals surface area contributed by atoms with E-state index in [1.807, 2.05) is 12.1 Å². The van der Waals surface area contributed by atoms with E-state index in [1.165, 1.54) is 6.42 Å². The average molecular weight is 240 g/mol. The molecule has 0 saturated carbocycles. The van der Waals surface area contributed by atoms with Crippen LogP contribution in [0.4, 0.5) is 0 Å². The lowest BCUT2D eigenvalue weighted by Crippen LogP contribution is -2.37. The number of aryl methyl sites for hydroxylation is 1. The first-order chi connectivity index (χ1) is 7.79. The number of halogens is 1. The van der Waals surface area contributed by atoms with Crippen molar-refractivity contribution in [1.82, 2.24) is 5.32 Å². The third-order valence-electron chi connectivity index (χ3n) is 2.95. The predicted octanol–water partition coefficient (Wildman–Crippen LogP) is 3.03. The van der Waals surface area contributed by atoms with Gasteiger partial charge in [-0.3, -0.25) is 0 Å². The molecule has 0 radical (unpaired) electrons. The van der Waals surface area contributed by atoms with E-state index in [9.17, 15) is 0 Å². The van der Waals surface area contributed by atoms with Gasteiger partial charge in [-0.15, -0.1) is 0 Å². The highest BCUT2D eigenvalue weighted by Gasteiger charge is 2.14. The molecule has 1 aliphatic rings. The Balaban J connectivity index is 2.03. The van der Waals surface area contributed by atoms with Crippen LogP contribution in [0.2, 0.25) is 5.02 Å². The first-order valence-electron chi connectivity index (χ1n) is 5.95. The van der Waals surface area contributed by atoms with Gasteiger partial charge >= 0.3 is 0 Å². The fourth-order valence-corrected chi connectivity index (χ4v) is 2.26. The monoisotopic (exact) mass is 239 g/mol. The Bertz CT molecular complexity index is 348. The van der Waals surface area contributed by atoms with Crippen molar-refractivity contribution >= 4 is 11.6 Å². The minimum Gasteiger partial charge on any atom is -0.489 e. The maximum Gasteiger partial charge on any atom is 0.120 e. The molecule has 16 heavy (non-hydrogen) atoms. The Morgan fingerprint density at radius 3 is 3.06 bits per heavy atom. The van der Waals surface area contributed by atoms with Crippen molar-refractivity contribution in [3.05, 3.63) is 28.8 Å². The van der Waals surface area contributed by atoms with Crippen molar-refractivity contribution in [2.75, 3.05) is 13.1 Å². The van der Waals surface area contributed by atoms with Crippen molar-refractivity contribution in [3.8, 4) is 5.75 Å². The van der Waals surface area contributed by atoms with Gasteiger partial charge in [0.1, 0.15) is 11.9 Å². The maximum absolute atomic E-state index is 6.07. The van der Waals surface area contributed by atoms with Crippen molar-refractivity contribution < 1.29 is 4.74 Å². The molecule has 1 heterocycles. The SMILES string of the molecule is CCc1cc(OC2CCCNC2)ccc1Cl. The van der Waals surface area contributed by atoms with Gasteiger partial charge in [0, 0.05) is 11.6 Å². The van der Waals surface area contributed by atoms with Gasteiger partial charge in [-0.05, 0) is 49.6 Å². The van der Waals surface area contributed by atoms with E-state index in [4.69, 9.17) is 16.3 Å². The van der Waals surface area contributed by atoms with Gasteiger partial charge in [0.25, 0.3) is 0 Å². The van der Waals surface area contributed by atoms with Crippen LogP contribution in [0.1, 0.15) is 25.3 Å². The molecule has 1 aromatic rings. The summed E-state index contributed by atoms with van der Waals surface area (Å²) in [6.45, 7) is 4.16. The molecule has 0 bridgehead atoms. The van der Waals surface area contributed by atoms with Crippen molar-refractivity contribution in [2.24, 2.45) is 0 Å². The standard InChI is InChI=1S/C13H18ClNO/c1-2-10-8-11(5-6-13(10)14)16-12-4-3-7-15-9-12/h5-6,8,12,15H,2-4,7,9H2,1H3. The second-order valence-electron chi connectivity index (χ2n) is 4.19. The highest BCUT2D eigenvalue weighted by molar-refractivity contribution is 6.31. The first-order valence-corrected chi connectivity index (χ1v) is 6.33. The third-order valence-corrected chi connectivity index (χ3v) is 3.32. The Morgan fingerprint density at radius 1 is 1.50 bits per heavy atom. The fourth-order valence-electron chi connectivity index (χ4n) is 2.01. The fraction of sp³-hybridized carbons (Fsp3) is 0.538. The van der Waals surface area contributed by atoms with E-state index in [2.05, 4.69) is 18.3 Å². The number of ether oxygens (including phenoxy) is 1. The molecule has 0 aliphatic carbocycles. The van der Waals surface area contributed by atoms with Crippen LogP contribution >= 0.6 is 11.6 Å². The summed E-state index contributed by atoms with van der Waals surface area (Å²) in [4.78, 5) is 0. The van der Waals surface area contributed by atoms with E-state index in [0.29, 0.717) is 6.10 Å². The summed E-state index contributed by atoms with van der Waals surface area (Å²) in [5.41, 5.74) is 1.16. The molecule has 1 aromatic carbocycles. The second-order valence-corrected chi connectivity index (χ2v) is 4.60. The van der Waals surface area contributed by atoms with Crippen LogP contribution in [0.5, 0.6) is 5.75 Å². The summed E-state index contributed by atoms with van der Waals surface area (Å²) in [5, 5.41) is 4.17. The topological polar surface area (TPSA) is 21.3 Å². The molecule has 88 valence electrons. The van der Waals surface area contributed by atoms with Gasteiger partial charge in [0.15, 0.2) is 0 Å². The summed E-state index contributed by atoms with van der Waals surface area (Å²) in [6, 6.07) is 5.93. The summed E-state index contributed by atoms with van der Waals surface area (Å²) in [6.07, 6.45) is 3.58. The summed E-state index contributed by atoms with van der Waals surface area (Å²) < 4.78 is 5.93. The van der Waals surface area contributed by atoms with E-state index < -0.39 is 0 Å². The van der Waals surface area contributed by atoms with E-state index in [0.717, 1.165) is 42.3 Å². The molecule has 1 saturated heterocycles. The zero-order valence-electron chi connectivity index (χ0n) is 9.63. The minimum atomic E-state index is 0.305. The van der Waals surface area contributed by atoms with Gasteiger partial charge in [-0.1, -0.05) is 18.5 Å². The number of nitrogens with one attached hydrogen (secondary N) is 1. The normalized spacial score (nSPS) is 20.8. The number of piperidine rings is 1. The molecular weight excluding hydrogens is 222 g/mol. The molecule has 1 N–H and O–H groups in total. The molecule has 0 aromatic heterocycles. The number of hydrogen-bond donors (Lipinski definition) is 1. The largest absolute Gasteiger partial charge is 0.489 e. The lowest BCUT2D eigenvalue weighted by Gasteiger charge is -2.24. The minimum absolute atomic E-state index is 0.305. The lowest BCUT2D eigenvalue weighted by atomic mass is 10.1. The predicted molar refractivity (Wildman–Crippen MR) is 67.3 cm³/mol. The lowest BCUT2D eigenvalue weighted by molar-refractivity contribution is 0.167. The van der Waals surface area contributed by atoms with Gasteiger partial charge < -0.3 is 10.1 Å². The summed E-state index contributed by atoms with van der Waals surface area (Å²) in [7, 11) is 0. The Morgan fingerprint density at radius 2 is 2.38 bits per heavy atom. The Kier molecular flexibility index (Phi) is 4.08. The first kappa shape index (κ1) is 11.7.